The lowest BCUT2D eigenvalue weighted by molar-refractivity contribution is -0.136. The van der Waals surface area contributed by atoms with Crippen LogP contribution in [-0.4, -0.2) is 19.0 Å². The number of hydrogen-bond donors (Lipinski definition) is 0. The molecule has 0 bridgehead atoms. The Morgan fingerprint density at radius 1 is 1.67 bits per heavy atom. The number of ether oxygens (including phenoxy) is 1. The third-order valence-electron chi connectivity index (χ3n) is 1.55. The van der Waals surface area contributed by atoms with Gasteiger partial charge in [0.1, 0.15) is 5.94 Å². The van der Waals surface area contributed by atoms with Gasteiger partial charge in [-0.15, -0.1) is 0 Å². The Morgan fingerprint density at radius 3 is 3.00 bits per heavy atom. The molecule has 0 saturated heterocycles. The second-order valence-corrected chi connectivity index (χ2v) is 2.35. The molecule has 0 N–H and O–H groups in total. The van der Waals surface area contributed by atoms with Gasteiger partial charge in [0, 0.05) is 17.6 Å². The first-order valence-electron chi connectivity index (χ1n) is 3.47. The van der Waals surface area contributed by atoms with Crippen LogP contribution in [0.4, 0.5) is 0 Å². The molecule has 12 heavy (non-hydrogen) atoms. The lowest BCUT2D eigenvalue weighted by atomic mass is 10.0. The van der Waals surface area contributed by atoms with E-state index in [4.69, 9.17) is 0 Å². The maximum Gasteiger partial charge on any atom is 0.334 e. The van der Waals surface area contributed by atoms with Crippen LogP contribution in [0.15, 0.2) is 29.4 Å². The summed E-state index contributed by atoms with van der Waals surface area (Å²) in [4.78, 5) is 21.2. The largest absolute Gasteiger partial charge is 0.466 e. The van der Waals surface area contributed by atoms with Crippen molar-refractivity contribution >= 4 is 11.9 Å². The van der Waals surface area contributed by atoms with Gasteiger partial charge in [0.05, 0.1) is 7.11 Å². The summed E-state index contributed by atoms with van der Waals surface area (Å²) in [5.41, 5.74) is 0.955. The Morgan fingerprint density at radius 2 is 2.42 bits per heavy atom. The van der Waals surface area contributed by atoms with E-state index in [-0.39, 0.29) is 0 Å². The van der Waals surface area contributed by atoms with Crippen LogP contribution < -0.4 is 0 Å². The van der Waals surface area contributed by atoms with E-state index in [9.17, 15) is 9.59 Å². The SMILES string of the molecule is COC(=O)C1=CC=CC(=C=O)C1. The smallest absolute Gasteiger partial charge is 0.334 e. The van der Waals surface area contributed by atoms with Crippen LogP contribution in [0.25, 0.3) is 0 Å². The van der Waals surface area contributed by atoms with Gasteiger partial charge >= 0.3 is 5.97 Å². The quantitative estimate of drug-likeness (QED) is 0.425. The van der Waals surface area contributed by atoms with Gasteiger partial charge in [0.15, 0.2) is 0 Å². The van der Waals surface area contributed by atoms with Gasteiger partial charge in [0.2, 0.25) is 0 Å². The molecule has 0 atom stereocenters. The first-order chi connectivity index (χ1) is 5.77. The summed E-state index contributed by atoms with van der Waals surface area (Å²) >= 11 is 0. The summed E-state index contributed by atoms with van der Waals surface area (Å²) in [6, 6.07) is 0. The monoisotopic (exact) mass is 164 g/mol. The van der Waals surface area contributed by atoms with Crippen LogP contribution in [0.3, 0.4) is 0 Å². The number of hydrogen-bond acceptors (Lipinski definition) is 3. The topological polar surface area (TPSA) is 43.4 Å². The molecule has 0 amide bonds. The van der Waals surface area contributed by atoms with Crippen LogP contribution >= 0.6 is 0 Å². The van der Waals surface area contributed by atoms with E-state index in [1.807, 2.05) is 0 Å². The lowest BCUT2D eigenvalue weighted by Gasteiger charge is -2.06. The van der Waals surface area contributed by atoms with Gasteiger partial charge < -0.3 is 4.74 Å². The van der Waals surface area contributed by atoms with Gasteiger partial charge in [-0.25, -0.2) is 9.59 Å². The highest BCUT2D eigenvalue weighted by atomic mass is 16.5. The zero-order valence-corrected chi connectivity index (χ0v) is 6.66. The Kier molecular flexibility index (Phi) is 2.62. The van der Waals surface area contributed by atoms with E-state index in [2.05, 4.69) is 4.74 Å². The molecule has 0 aliphatic heterocycles. The number of esters is 1. The molecule has 1 aliphatic rings. The average molecular weight is 164 g/mol. The van der Waals surface area contributed by atoms with Crippen molar-refractivity contribution < 1.29 is 14.3 Å². The fourth-order valence-corrected chi connectivity index (χ4v) is 0.945. The Bertz CT molecular complexity index is 304. The van der Waals surface area contributed by atoms with Gasteiger partial charge in [-0.1, -0.05) is 12.2 Å². The Balaban J connectivity index is 2.83. The van der Waals surface area contributed by atoms with Crippen LogP contribution in [0.5, 0.6) is 0 Å². The number of methoxy groups -OCH3 is 1. The van der Waals surface area contributed by atoms with Crippen molar-refractivity contribution in [3.05, 3.63) is 29.4 Å². The summed E-state index contributed by atoms with van der Waals surface area (Å²) in [6.07, 6.45) is 5.20. The molecule has 0 spiro atoms. The average Bonchev–Trinajstić information content (AvgIpc) is 2.17. The maximum absolute atomic E-state index is 11.0. The first kappa shape index (κ1) is 8.50. The van der Waals surface area contributed by atoms with E-state index < -0.39 is 5.97 Å². The van der Waals surface area contributed by atoms with Gasteiger partial charge in [-0.2, -0.15) is 0 Å². The second-order valence-electron chi connectivity index (χ2n) is 2.35. The maximum atomic E-state index is 11.0. The summed E-state index contributed by atoms with van der Waals surface area (Å²) in [5, 5.41) is 0. The minimum atomic E-state index is -0.396. The highest BCUT2D eigenvalue weighted by molar-refractivity contribution is 5.90. The van der Waals surface area contributed by atoms with Crippen LogP contribution in [0.1, 0.15) is 6.42 Å². The zero-order valence-electron chi connectivity index (χ0n) is 6.66. The van der Waals surface area contributed by atoms with Crippen molar-refractivity contribution in [2.24, 2.45) is 0 Å². The van der Waals surface area contributed by atoms with Crippen molar-refractivity contribution in [3.8, 4) is 0 Å². The number of rotatable bonds is 1. The van der Waals surface area contributed by atoms with E-state index in [0.717, 1.165) is 0 Å². The van der Waals surface area contributed by atoms with Crippen molar-refractivity contribution in [1.82, 2.24) is 0 Å². The first-order valence-corrected chi connectivity index (χ1v) is 3.47. The van der Waals surface area contributed by atoms with Crippen molar-refractivity contribution in [3.63, 3.8) is 0 Å². The summed E-state index contributed by atoms with van der Waals surface area (Å²) in [7, 11) is 1.31. The minimum absolute atomic E-state index is 0.312. The summed E-state index contributed by atoms with van der Waals surface area (Å²) in [6.45, 7) is 0. The molecule has 0 aromatic rings. The van der Waals surface area contributed by atoms with E-state index in [1.54, 1.807) is 24.2 Å². The number of carbonyl (C=O) groups is 1. The molecule has 0 unspecified atom stereocenters. The van der Waals surface area contributed by atoms with Crippen molar-refractivity contribution in [2.45, 2.75) is 6.42 Å². The third kappa shape index (κ3) is 1.71. The number of allylic oxidation sites excluding steroid dienone is 4. The molecule has 0 radical (unpaired) electrons. The third-order valence-corrected chi connectivity index (χ3v) is 1.55. The summed E-state index contributed by atoms with van der Waals surface area (Å²) in [5.74, 6) is 1.35. The van der Waals surface area contributed by atoms with E-state index in [1.165, 1.54) is 7.11 Å². The highest BCUT2D eigenvalue weighted by Gasteiger charge is 2.12. The molecule has 0 heterocycles. The zero-order chi connectivity index (χ0) is 8.97. The van der Waals surface area contributed by atoms with Gasteiger partial charge in [-0.05, 0) is 6.08 Å². The fraction of sp³-hybridized carbons (Fsp3) is 0.222. The van der Waals surface area contributed by atoms with Gasteiger partial charge in [-0.3, -0.25) is 0 Å². The Hall–Kier alpha value is -1.60. The fourth-order valence-electron chi connectivity index (χ4n) is 0.945. The molecule has 3 heteroatoms. The molecular weight excluding hydrogens is 156 g/mol. The highest BCUT2D eigenvalue weighted by Crippen LogP contribution is 2.16. The molecule has 0 aromatic carbocycles. The minimum Gasteiger partial charge on any atom is -0.466 e. The van der Waals surface area contributed by atoms with E-state index in [0.29, 0.717) is 17.6 Å². The normalized spacial score (nSPS) is 15.1. The standard InChI is InChI=1S/C9H8O3/c1-12-9(11)8-4-2-3-7(5-8)6-10/h2-4H,5H2,1H3. The van der Waals surface area contributed by atoms with E-state index >= 15 is 0 Å². The second kappa shape index (κ2) is 3.69. The molecule has 0 fully saturated rings. The number of carbonyl (C=O) groups excluding carboxylic acids is 2. The van der Waals surface area contributed by atoms with Crippen molar-refractivity contribution in [1.29, 1.82) is 0 Å². The predicted molar refractivity (Wildman–Crippen MR) is 43.1 cm³/mol. The van der Waals surface area contributed by atoms with Crippen LogP contribution in [0.2, 0.25) is 0 Å². The molecule has 0 saturated carbocycles. The molecular formula is C9H8O3. The van der Waals surface area contributed by atoms with Gasteiger partial charge in [0.25, 0.3) is 0 Å². The molecule has 1 aliphatic carbocycles. The van der Waals surface area contributed by atoms with Crippen LogP contribution in [-0.2, 0) is 14.3 Å². The summed E-state index contributed by atoms with van der Waals surface area (Å²) < 4.78 is 4.50. The Labute approximate surface area is 70.0 Å². The molecule has 62 valence electrons. The lowest BCUT2D eigenvalue weighted by Crippen LogP contribution is -2.06. The molecule has 0 aromatic heterocycles. The van der Waals surface area contributed by atoms with Crippen molar-refractivity contribution in [2.75, 3.05) is 7.11 Å². The molecule has 3 nitrogen and oxygen atoms in total. The molecule has 1 rings (SSSR count). The predicted octanol–water partition coefficient (Wildman–Crippen LogP) is 0.804. The van der Waals surface area contributed by atoms with Crippen LogP contribution in [0, 0.1) is 0 Å².